The van der Waals surface area contributed by atoms with Gasteiger partial charge in [-0.05, 0) is 44.7 Å². The van der Waals surface area contributed by atoms with Crippen molar-refractivity contribution in [2.45, 2.75) is 58.0 Å². The number of thiophene rings is 1. The Bertz CT molecular complexity index is 477. The van der Waals surface area contributed by atoms with Crippen LogP contribution in [0.15, 0.2) is 11.4 Å². The van der Waals surface area contributed by atoms with Gasteiger partial charge in [-0.1, -0.05) is 25.2 Å². The fourth-order valence-corrected chi connectivity index (χ4v) is 4.00. The fourth-order valence-electron chi connectivity index (χ4n) is 3.12. The minimum atomic E-state index is 0.146. The van der Waals surface area contributed by atoms with Gasteiger partial charge in [0.25, 0.3) is 0 Å². The van der Waals surface area contributed by atoms with E-state index in [1.54, 1.807) is 11.3 Å². The first-order chi connectivity index (χ1) is 10.2. The minimum Gasteiger partial charge on any atom is -0.395 e. The van der Waals surface area contributed by atoms with E-state index in [9.17, 15) is 0 Å². The van der Waals surface area contributed by atoms with Crippen LogP contribution in [0.1, 0.15) is 55.9 Å². The smallest absolute Gasteiger partial charge is 0.0540 e. The van der Waals surface area contributed by atoms with Gasteiger partial charge in [0.15, 0.2) is 0 Å². The number of hydrogen-bond acceptors (Lipinski definition) is 3. The van der Waals surface area contributed by atoms with Gasteiger partial charge in [-0.25, -0.2) is 0 Å². The predicted octanol–water partition coefficient (Wildman–Crippen LogP) is 3.88. The molecule has 1 N–H and O–H groups in total. The van der Waals surface area contributed by atoms with Crippen LogP contribution in [0.4, 0.5) is 0 Å². The van der Waals surface area contributed by atoms with Crippen LogP contribution in [0.2, 0.25) is 0 Å². The highest BCUT2D eigenvalue weighted by Gasteiger charge is 2.23. The predicted molar refractivity (Wildman–Crippen MR) is 90.4 cm³/mol. The van der Waals surface area contributed by atoms with E-state index in [2.05, 4.69) is 42.2 Å². The lowest BCUT2D eigenvalue weighted by Gasteiger charge is -2.34. The molecule has 0 unspecified atom stereocenters. The number of hydrogen-bond donors (Lipinski definition) is 1. The maximum Gasteiger partial charge on any atom is 0.0540 e. The normalized spacial score (nSPS) is 22.1. The average molecular weight is 305 g/mol. The van der Waals surface area contributed by atoms with Crippen LogP contribution in [0.5, 0.6) is 0 Å². The second-order valence-electron chi connectivity index (χ2n) is 6.07. The van der Waals surface area contributed by atoms with E-state index in [4.69, 9.17) is 5.11 Å². The summed E-state index contributed by atoms with van der Waals surface area (Å²) in [6.07, 6.45) is 7.40. The summed E-state index contributed by atoms with van der Waals surface area (Å²) < 4.78 is 0. The number of rotatable bonds is 5. The number of aliphatic hydroxyl groups is 1. The second-order valence-corrected chi connectivity index (χ2v) is 7.07. The topological polar surface area (TPSA) is 23.5 Å². The largest absolute Gasteiger partial charge is 0.395 e. The molecule has 0 aliphatic heterocycles. The Hall–Kier alpha value is -0.820. The first kappa shape index (κ1) is 16.5. The van der Waals surface area contributed by atoms with Crippen molar-refractivity contribution in [3.8, 4) is 11.8 Å². The van der Waals surface area contributed by atoms with Crippen LogP contribution in [-0.2, 0) is 6.54 Å². The van der Waals surface area contributed by atoms with Gasteiger partial charge in [0.1, 0.15) is 0 Å². The molecule has 21 heavy (non-hydrogen) atoms. The summed E-state index contributed by atoms with van der Waals surface area (Å²) in [6, 6.07) is 2.95. The van der Waals surface area contributed by atoms with Crippen LogP contribution in [0, 0.1) is 17.8 Å². The lowest BCUT2D eigenvalue weighted by atomic mass is 9.84. The Morgan fingerprint density at radius 3 is 2.76 bits per heavy atom. The summed E-state index contributed by atoms with van der Waals surface area (Å²) in [7, 11) is 2.26. The molecule has 1 aromatic heterocycles. The summed E-state index contributed by atoms with van der Waals surface area (Å²) in [4.78, 5) is 3.91. The maximum atomic E-state index is 8.74. The second kappa shape index (κ2) is 8.58. The molecule has 0 saturated heterocycles. The van der Waals surface area contributed by atoms with Crippen LogP contribution < -0.4 is 0 Å². The van der Waals surface area contributed by atoms with Crippen molar-refractivity contribution in [3.05, 3.63) is 21.9 Å². The molecule has 1 heterocycles. The third-order valence-electron chi connectivity index (χ3n) is 4.55. The fraction of sp³-hybridized carbons (Fsp3) is 0.667. The third kappa shape index (κ3) is 5.14. The SMILES string of the molecule is CCC1CCC(N(C)Cc2cc(C#CCCO)cs2)CC1. The van der Waals surface area contributed by atoms with E-state index in [0.717, 1.165) is 24.1 Å². The standard InChI is InChI=1S/C18H27NOS/c1-3-15-7-9-17(10-8-15)19(2)13-18-12-16(14-21-18)6-4-5-11-20/h12,14-15,17,20H,3,5,7-11,13H2,1-2H3. The lowest BCUT2D eigenvalue weighted by Crippen LogP contribution is -2.34. The zero-order valence-corrected chi connectivity index (χ0v) is 14.1. The van der Waals surface area contributed by atoms with Gasteiger partial charge in [0.2, 0.25) is 0 Å². The molecule has 0 amide bonds. The Labute approximate surface area is 133 Å². The maximum absolute atomic E-state index is 8.74. The zero-order chi connectivity index (χ0) is 15.1. The monoisotopic (exact) mass is 305 g/mol. The Balaban J connectivity index is 1.83. The van der Waals surface area contributed by atoms with E-state index in [-0.39, 0.29) is 6.61 Å². The molecule has 2 rings (SSSR count). The minimum absolute atomic E-state index is 0.146. The van der Waals surface area contributed by atoms with Crippen LogP contribution in [0.3, 0.4) is 0 Å². The van der Waals surface area contributed by atoms with E-state index in [0.29, 0.717) is 6.42 Å². The molecule has 1 saturated carbocycles. The number of nitrogens with zero attached hydrogens (tertiary/aromatic N) is 1. The highest BCUT2D eigenvalue weighted by molar-refractivity contribution is 7.10. The molecule has 0 radical (unpaired) electrons. The molecule has 116 valence electrons. The molecule has 1 aliphatic carbocycles. The van der Waals surface area contributed by atoms with Crippen LogP contribution in [0.25, 0.3) is 0 Å². The van der Waals surface area contributed by atoms with Crippen molar-refractivity contribution in [3.63, 3.8) is 0 Å². The van der Waals surface area contributed by atoms with Crippen molar-refractivity contribution >= 4 is 11.3 Å². The van der Waals surface area contributed by atoms with Crippen molar-refractivity contribution in [2.24, 2.45) is 5.92 Å². The van der Waals surface area contributed by atoms with Gasteiger partial charge < -0.3 is 5.11 Å². The molecular formula is C18H27NOS. The molecule has 0 aromatic carbocycles. The summed E-state index contributed by atoms with van der Waals surface area (Å²) in [6.45, 7) is 3.50. The van der Waals surface area contributed by atoms with Crippen molar-refractivity contribution in [2.75, 3.05) is 13.7 Å². The van der Waals surface area contributed by atoms with Gasteiger partial charge in [0, 0.05) is 34.8 Å². The van der Waals surface area contributed by atoms with Gasteiger partial charge >= 0.3 is 0 Å². The Kier molecular flexibility index (Phi) is 6.76. The van der Waals surface area contributed by atoms with E-state index < -0.39 is 0 Å². The third-order valence-corrected chi connectivity index (χ3v) is 5.47. The highest BCUT2D eigenvalue weighted by Crippen LogP contribution is 2.30. The Morgan fingerprint density at radius 1 is 1.33 bits per heavy atom. The molecular weight excluding hydrogens is 278 g/mol. The van der Waals surface area contributed by atoms with Crippen LogP contribution in [-0.4, -0.2) is 29.7 Å². The molecule has 1 aromatic rings. The average Bonchev–Trinajstić information content (AvgIpc) is 2.95. The van der Waals surface area contributed by atoms with Gasteiger partial charge in [-0.15, -0.1) is 11.3 Å². The summed E-state index contributed by atoms with van der Waals surface area (Å²) >= 11 is 1.80. The number of aliphatic hydroxyl groups excluding tert-OH is 1. The zero-order valence-electron chi connectivity index (χ0n) is 13.3. The van der Waals surface area contributed by atoms with E-state index >= 15 is 0 Å². The highest BCUT2D eigenvalue weighted by atomic mass is 32.1. The lowest BCUT2D eigenvalue weighted by molar-refractivity contribution is 0.158. The quantitative estimate of drug-likeness (QED) is 0.835. The summed E-state index contributed by atoms with van der Waals surface area (Å²) in [5, 5.41) is 10.9. The van der Waals surface area contributed by atoms with Crippen molar-refractivity contribution in [1.29, 1.82) is 0 Å². The summed E-state index contributed by atoms with van der Waals surface area (Å²) in [5.74, 6) is 7.06. The van der Waals surface area contributed by atoms with E-state index in [1.807, 2.05) is 0 Å². The molecule has 1 aliphatic rings. The summed E-state index contributed by atoms with van der Waals surface area (Å²) in [5.41, 5.74) is 1.09. The molecule has 0 spiro atoms. The molecule has 0 bridgehead atoms. The van der Waals surface area contributed by atoms with Gasteiger partial charge in [0.05, 0.1) is 6.61 Å². The van der Waals surface area contributed by atoms with Crippen molar-refractivity contribution in [1.82, 2.24) is 4.90 Å². The molecule has 2 nitrogen and oxygen atoms in total. The molecule has 3 heteroatoms. The first-order valence-corrected chi connectivity index (χ1v) is 8.98. The van der Waals surface area contributed by atoms with Gasteiger partial charge in [-0.3, -0.25) is 4.90 Å². The first-order valence-electron chi connectivity index (χ1n) is 8.10. The molecule has 1 fully saturated rings. The van der Waals surface area contributed by atoms with Crippen LogP contribution >= 0.6 is 11.3 Å². The molecule has 0 atom stereocenters. The van der Waals surface area contributed by atoms with Crippen molar-refractivity contribution < 1.29 is 5.11 Å². The van der Waals surface area contributed by atoms with Gasteiger partial charge in [-0.2, -0.15) is 0 Å². The van der Waals surface area contributed by atoms with E-state index in [1.165, 1.54) is 37.0 Å². The Morgan fingerprint density at radius 2 is 2.10 bits per heavy atom.